The van der Waals surface area contributed by atoms with Crippen LogP contribution >= 0.6 is 0 Å². The number of nitrogens with one attached hydrogen (secondary N) is 1. The molecule has 1 aromatic carbocycles. The summed E-state index contributed by atoms with van der Waals surface area (Å²) in [6, 6.07) is 10.4. The van der Waals surface area contributed by atoms with Gasteiger partial charge in [-0.2, -0.15) is 17.5 Å². The smallest absolute Gasteiger partial charge is 0.417 e. The average Bonchev–Trinajstić information content (AvgIpc) is 2.89. The van der Waals surface area contributed by atoms with E-state index in [-0.39, 0.29) is 41.8 Å². The van der Waals surface area contributed by atoms with Crippen molar-refractivity contribution in [1.82, 2.24) is 14.3 Å². The molecular formula is C24H24F3N5O5S. The summed E-state index contributed by atoms with van der Waals surface area (Å²) in [5.74, 6) is -0.430. The number of methoxy groups -OCH3 is 1. The number of nitrogens with zero attached hydrogens (tertiary/aromatic N) is 3. The Labute approximate surface area is 216 Å². The number of aliphatic hydroxyl groups excluding tert-OH is 1. The minimum absolute atomic E-state index is 0.000381. The van der Waals surface area contributed by atoms with Gasteiger partial charge in [-0.15, -0.1) is 0 Å². The van der Waals surface area contributed by atoms with E-state index in [0.717, 1.165) is 16.4 Å². The third-order valence-corrected chi connectivity index (χ3v) is 7.94. The Hall–Kier alpha value is -3.75. The van der Waals surface area contributed by atoms with E-state index in [0.29, 0.717) is 17.3 Å². The van der Waals surface area contributed by atoms with Crippen LogP contribution in [-0.4, -0.2) is 66.0 Å². The fourth-order valence-electron chi connectivity index (χ4n) is 4.00. The lowest BCUT2D eigenvalue weighted by Crippen LogP contribution is -2.51. The molecule has 3 aromatic rings. The maximum absolute atomic E-state index is 13.2. The minimum atomic E-state index is -4.51. The fraction of sp³-hybridized carbons (Fsp3) is 0.292. The highest BCUT2D eigenvalue weighted by Crippen LogP contribution is 2.30. The van der Waals surface area contributed by atoms with Crippen molar-refractivity contribution in [3.63, 3.8) is 0 Å². The number of alkyl halides is 3. The molecule has 38 heavy (non-hydrogen) atoms. The third kappa shape index (κ3) is 5.87. The molecule has 3 heterocycles. The first-order chi connectivity index (χ1) is 17.9. The molecule has 202 valence electrons. The van der Waals surface area contributed by atoms with Gasteiger partial charge in [0, 0.05) is 25.4 Å². The summed E-state index contributed by atoms with van der Waals surface area (Å²) in [4.78, 5) is 19.3. The standard InChI is InChI=1S/C24H24F3N5O5S/c1-37-22-11-15(10-19(31-22)23(28)34)14-2-5-17(6-3-14)38(35,36)32-9-8-18(20(33)13-32)30-21-7-4-16(12-29-21)24(25,26)27/h2-7,10-12,18,20,33H,8-9,13H2,1H3,(H2,28,34)(H,29,30)/t18-,20+/m1/s1. The number of primary amides is 1. The highest BCUT2D eigenvalue weighted by Gasteiger charge is 2.35. The molecule has 0 aliphatic carbocycles. The van der Waals surface area contributed by atoms with Crippen molar-refractivity contribution in [3.05, 3.63) is 66.0 Å². The second kappa shape index (κ2) is 10.6. The summed E-state index contributed by atoms with van der Waals surface area (Å²) in [5.41, 5.74) is 5.57. The Morgan fingerprint density at radius 3 is 2.42 bits per heavy atom. The molecule has 1 aliphatic heterocycles. The predicted octanol–water partition coefficient (Wildman–Crippen LogP) is 2.51. The van der Waals surface area contributed by atoms with Gasteiger partial charge in [0.25, 0.3) is 5.91 Å². The number of carbonyl (C=O) groups excluding carboxylic acids is 1. The first-order valence-electron chi connectivity index (χ1n) is 11.3. The van der Waals surface area contributed by atoms with Gasteiger partial charge in [0.05, 0.1) is 29.7 Å². The van der Waals surface area contributed by atoms with Gasteiger partial charge in [-0.05, 0) is 47.9 Å². The zero-order chi connectivity index (χ0) is 27.7. The molecule has 14 heteroatoms. The summed E-state index contributed by atoms with van der Waals surface area (Å²) < 4.78 is 70.9. The van der Waals surface area contributed by atoms with Crippen LogP contribution in [0.3, 0.4) is 0 Å². The van der Waals surface area contributed by atoms with Crippen molar-refractivity contribution in [2.75, 3.05) is 25.5 Å². The summed E-state index contributed by atoms with van der Waals surface area (Å²) in [6.07, 6.45) is -4.75. The zero-order valence-electron chi connectivity index (χ0n) is 20.0. The van der Waals surface area contributed by atoms with Crippen LogP contribution in [0.1, 0.15) is 22.5 Å². The second-order valence-corrected chi connectivity index (χ2v) is 10.5. The maximum atomic E-state index is 13.2. The Morgan fingerprint density at radius 2 is 1.87 bits per heavy atom. The average molecular weight is 552 g/mol. The molecule has 0 bridgehead atoms. The van der Waals surface area contributed by atoms with Crippen molar-refractivity contribution < 1.29 is 36.2 Å². The summed E-state index contributed by atoms with van der Waals surface area (Å²) in [6.45, 7) is -0.144. The van der Waals surface area contributed by atoms with E-state index in [1.54, 1.807) is 18.2 Å². The Morgan fingerprint density at radius 1 is 1.16 bits per heavy atom. The van der Waals surface area contributed by atoms with E-state index < -0.39 is 39.8 Å². The van der Waals surface area contributed by atoms with E-state index in [2.05, 4.69) is 15.3 Å². The molecule has 2 atom stereocenters. The topological polar surface area (TPSA) is 148 Å². The van der Waals surface area contributed by atoms with E-state index in [4.69, 9.17) is 10.5 Å². The van der Waals surface area contributed by atoms with Gasteiger partial charge in [-0.1, -0.05) is 12.1 Å². The quantitative estimate of drug-likeness (QED) is 0.406. The van der Waals surface area contributed by atoms with E-state index in [1.165, 1.54) is 25.3 Å². The van der Waals surface area contributed by atoms with Crippen molar-refractivity contribution >= 4 is 21.7 Å². The number of anilines is 1. The van der Waals surface area contributed by atoms with Crippen LogP contribution in [0.25, 0.3) is 11.1 Å². The summed E-state index contributed by atoms with van der Waals surface area (Å²) in [7, 11) is -2.56. The summed E-state index contributed by atoms with van der Waals surface area (Å²) >= 11 is 0. The molecule has 1 saturated heterocycles. The number of β-amino-alcohol motifs (C(OH)–C–C–N with tert-alkyl or cyclic N) is 1. The molecule has 0 spiro atoms. The van der Waals surface area contributed by atoms with Crippen LogP contribution in [0.15, 0.2) is 59.6 Å². The maximum Gasteiger partial charge on any atom is 0.417 e. The van der Waals surface area contributed by atoms with Crippen molar-refractivity contribution in [3.8, 4) is 17.0 Å². The molecule has 0 saturated carbocycles. The number of halogens is 3. The van der Waals surface area contributed by atoms with Crippen LogP contribution in [0.4, 0.5) is 19.0 Å². The molecule has 4 rings (SSSR count). The molecule has 2 aromatic heterocycles. The normalized spacial score (nSPS) is 18.7. The molecule has 0 radical (unpaired) electrons. The fourth-order valence-corrected chi connectivity index (χ4v) is 5.47. The number of amides is 1. The number of piperidine rings is 1. The number of hydrogen-bond donors (Lipinski definition) is 3. The summed E-state index contributed by atoms with van der Waals surface area (Å²) in [5, 5.41) is 13.4. The lowest BCUT2D eigenvalue weighted by atomic mass is 10.0. The third-order valence-electron chi connectivity index (χ3n) is 6.06. The van der Waals surface area contributed by atoms with Crippen molar-refractivity contribution in [1.29, 1.82) is 0 Å². The number of aromatic nitrogens is 2. The van der Waals surface area contributed by atoms with Crippen LogP contribution in [-0.2, 0) is 16.2 Å². The van der Waals surface area contributed by atoms with Gasteiger partial charge < -0.3 is 20.9 Å². The van der Waals surface area contributed by atoms with Crippen LogP contribution < -0.4 is 15.8 Å². The number of pyridine rings is 2. The number of aliphatic hydroxyl groups is 1. The number of hydrogen-bond acceptors (Lipinski definition) is 8. The number of rotatable bonds is 7. The van der Waals surface area contributed by atoms with Crippen LogP contribution in [0.2, 0.25) is 0 Å². The Bertz CT molecular complexity index is 1420. The van der Waals surface area contributed by atoms with E-state index in [9.17, 15) is 31.5 Å². The van der Waals surface area contributed by atoms with E-state index >= 15 is 0 Å². The minimum Gasteiger partial charge on any atom is -0.481 e. The first-order valence-corrected chi connectivity index (χ1v) is 12.8. The number of benzene rings is 1. The Kier molecular flexibility index (Phi) is 7.58. The van der Waals surface area contributed by atoms with Crippen LogP contribution in [0, 0.1) is 0 Å². The first kappa shape index (κ1) is 27.3. The predicted molar refractivity (Wildman–Crippen MR) is 131 cm³/mol. The molecule has 10 nitrogen and oxygen atoms in total. The SMILES string of the molecule is COc1cc(-c2ccc(S(=O)(=O)N3CC[C@@H](Nc4ccc(C(F)(F)F)cn4)[C@@H](O)C3)cc2)cc(C(N)=O)n1. The largest absolute Gasteiger partial charge is 0.481 e. The number of nitrogens with two attached hydrogens (primary N) is 1. The lowest BCUT2D eigenvalue weighted by Gasteiger charge is -2.35. The van der Waals surface area contributed by atoms with Crippen molar-refractivity contribution in [2.24, 2.45) is 5.73 Å². The highest BCUT2D eigenvalue weighted by atomic mass is 32.2. The molecule has 1 amide bonds. The molecule has 4 N–H and O–H groups in total. The van der Waals surface area contributed by atoms with Gasteiger partial charge in [-0.25, -0.2) is 18.4 Å². The van der Waals surface area contributed by atoms with Gasteiger partial charge in [-0.3, -0.25) is 4.79 Å². The number of sulfonamides is 1. The molecule has 1 fully saturated rings. The van der Waals surface area contributed by atoms with Gasteiger partial charge in [0.2, 0.25) is 15.9 Å². The highest BCUT2D eigenvalue weighted by molar-refractivity contribution is 7.89. The Balaban J connectivity index is 1.45. The lowest BCUT2D eigenvalue weighted by molar-refractivity contribution is -0.137. The van der Waals surface area contributed by atoms with Gasteiger partial charge >= 0.3 is 6.18 Å². The van der Waals surface area contributed by atoms with E-state index in [1.807, 2.05) is 0 Å². The molecule has 1 aliphatic rings. The van der Waals surface area contributed by atoms with Crippen molar-refractivity contribution in [2.45, 2.75) is 29.6 Å². The number of carbonyl (C=O) groups is 1. The monoisotopic (exact) mass is 551 g/mol. The number of ether oxygens (including phenoxy) is 1. The molecule has 0 unspecified atom stereocenters. The zero-order valence-corrected chi connectivity index (χ0v) is 20.8. The second-order valence-electron chi connectivity index (χ2n) is 8.57. The van der Waals surface area contributed by atoms with Gasteiger partial charge in [0.15, 0.2) is 0 Å². The molecular weight excluding hydrogens is 527 g/mol. The van der Waals surface area contributed by atoms with Gasteiger partial charge in [0.1, 0.15) is 11.5 Å². The van der Waals surface area contributed by atoms with Crippen LogP contribution in [0.5, 0.6) is 5.88 Å².